The van der Waals surface area contributed by atoms with Crippen molar-refractivity contribution in [1.82, 2.24) is 9.78 Å². The number of hydrogen-bond acceptors (Lipinski definition) is 2. The van der Waals surface area contributed by atoms with Crippen LogP contribution in [0.3, 0.4) is 0 Å². The Morgan fingerprint density at radius 3 is 3.06 bits per heavy atom. The summed E-state index contributed by atoms with van der Waals surface area (Å²) in [5, 5.41) is 12.5. The van der Waals surface area contributed by atoms with Crippen LogP contribution in [0.5, 0.6) is 0 Å². The van der Waals surface area contributed by atoms with E-state index in [1.165, 1.54) is 10.7 Å². The zero-order valence-corrected chi connectivity index (χ0v) is 9.10. The molecule has 0 aliphatic heterocycles. The second-order valence-corrected chi connectivity index (χ2v) is 3.53. The lowest BCUT2D eigenvalue weighted by atomic mass is 10.1. The number of halogens is 1. The standard InChI is InChI=1S/C13H10FN3/c1-2-10-3-4-13(14)12(7-10)11-8-16-17(9-11)6-5-15/h2-4,7-9H,1,6H2. The Bertz CT molecular complexity index is 593. The number of benzene rings is 1. The average molecular weight is 227 g/mol. The number of nitrogens with zero attached hydrogens (tertiary/aromatic N) is 3. The topological polar surface area (TPSA) is 41.6 Å². The van der Waals surface area contributed by atoms with Crippen molar-refractivity contribution in [3.05, 3.63) is 48.6 Å². The van der Waals surface area contributed by atoms with Gasteiger partial charge in [0, 0.05) is 17.3 Å². The molecule has 4 heteroatoms. The van der Waals surface area contributed by atoms with Crippen LogP contribution in [0.4, 0.5) is 4.39 Å². The molecule has 0 unspecified atom stereocenters. The second-order valence-electron chi connectivity index (χ2n) is 3.53. The summed E-state index contributed by atoms with van der Waals surface area (Å²) >= 11 is 0. The highest BCUT2D eigenvalue weighted by Crippen LogP contribution is 2.23. The summed E-state index contributed by atoms with van der Waals surface area (Å²) in [6.45, 7) is 3.80. The Hall–Kier alpha value is -2.41. The van der Waals surface area contributed by atoms with Gasteiger partial charge in [-0.3, -0.25) is 4.68 Å². The van der Waals surface area contributed by atoms with E-state index >= 15 is 0 Å². The fourth-order valence-corrected chi connectivity index (χ4v) is 1.55. The van der Waals surface area contributed by atoms with Gasteiger partial charge in [0.05, 0.1) is 12.3 Å². The first-order chi connectivity index (χ1) is 8.24. The molecule has 1 heterocycles. The van der Waals surface area contributed by atoms with Gasteiger partial charge in [-0.25, -0.2) is 4.39 Å². The summed E-state index contributed by atoms with van der Waals surface area (Å²) in [4.78, 5) is 0. The van der Waals surface area contributed by atoms with Gasteiger partial charge in [-0.05, 0) is 17.7 Å². The van der Waals surface area contributed by atoms with E-state index in [4.69, 9.17) is 5.26 Å². The minimum atomic E-state index is -0.313. The smallest absolute Gasteiger partial charge is 0.131 e. The fraction of sp³-hybridized carbons (Fsp3) is 0.0769. The van der Waals surface area contributed by atoms with Crippen molar-refractivity contribution in [2.75, 3.05) is 0 Å². The molecule has 0 atom stereocenters. The van der Waals surface area contributed by atoms with E-state index in [1.807, 2.05) is 6.07 Å². The maximum absolute atomic E-state index is 13.7. The number of aromatic nitrogens is 2. The van der Waals surface area contributed by atoms with E-state index in [-0.39, 0.29) is 12.4 Å². The molecular weight excluding hydrogens is 217 g/mol. The van der Waals surface area contributed by atoms with Gasteiger partial charge in [0.2, 0.25) is 0 Å². The third-order valence-corrected chi connectivity index (χ3v) is 2.40. The Balaban J connectivity index is 2.44. The van der Waals surface area contributed by atoms with Crippen LogP contribution in [0.25, 0.3) is 17.2 Å². The Morgan fingerprint density at radius 1 is 1.53 bits per heavy atom. The monoisotopic (exact) mass is 227 g/mol. The lowest BCUT2D eigenvalue weighted by Crippen LogP contribution is -1.94. The van der Waals surface area contributed by atoms with E-state index in [1.54, 1.807) is 30.6 Å². The van der Waals surface area contributed by atoms with E-state index in [2.05, 4.69) is 11.7 Å². The molecule has 3 nitrogen and oxygen atoms in total. The molecule has 2 rings (SSSR count). The minimum Gasteiger partial charge on any atom is -0.258 e. The van der Waals surface area contributed by atoms with Gasteiger partial charge < -0.3 is 0 Å². The molecule has 84 valence electrons. The molecule has 0 saturated carbocycles. The predicted octanol–water partition coefficient (Wildman–Crippen LogP) is 2.86. The van der Waals surface area contributed by atoms with Crippen LogP contribution in [-0.4, -0.2) is 9.78 Å². The maximum atomic E-state index is 13.7. The lowest BCUT2D eigenvalue weighted by Gasteiger charge is -2.01. The number of hydrogen-bond donors (Lipinski definition) is 0. The summed E-state index contributed by atoms with van der Waals surface area (Å²) in [5.74, 6) is -0.313. The second kappa shape index (κ2) is 4.62. The number of rotatable bonds is 3. The molecule has 2 aromatic rings. The average Bonchev–Trinajstić information content (AvgIpc) is 2.79. The van der Waals surface area contributed by atoms with Gasteiger partial charge in [-0.2, -0.15) is 10.4 Å². The van der Waals surface area contributed by atoms with Gasteiger partial charge >= 0.3 is 0 Å². The van der Waals surface area contributed by atoms with E-state index < -0.39 is 0 Å². The zero-order chi connectivity index (χ0) is 12.3. The van der Waals surface area contributed by atoms with Gasteiger partial charge in [-0.1, -0.05) is 18.7 Å². The molecule has 0 N–H and O–H groups in total. The van der Waals surface area contributed by atoms with E-state index in [0.717, 1.165) is 5.56 Å². The molecule has 1 aromatic heterocycles. The van der Waals surface area contributed by atoms with E-state index in [0.29, 0.717) is 11.1 Å². The van der Waals surface area contributed by atoms with Gasteiger partial charge in [0.15, 0.2) is 0 Å². The van der Waals surface area contributed by atoms with Crippen molar-refractivity contribution >= 4 is 6.08 Å². The summed E-state index contributed by atoms with van der Waals surface area (Å²) in [7, 11) is 0. The van der Waals surface area contributed by atoms with Crippen LogP contribution in [-0.2, 0) is 6.54 Å². The highest BCUT2D eigenvalue weighted by Gasteiger charge is 2.07. The quantitative estimate of drug-likeness (QED) is 0.809. The summed E-state index contributed by atoms with van der Waals surface area (Å²) in [6, 6.07) is 6.74. The molecule has 0 bridgehead atoms. The fourth-order valence-electron chi connectivity index (χ4n) is 1.55. The highest BCUT2D eigenvalue weighted by molar-refractivity contribution is 5.66. The van der Waals surface area contributed by atoms with Crippen LogP contribution in [0, 0.1) is 17.1 Å². The van der Waals surface area contributed by atoms with Crippen LogP contribution < -0.4 is 0 Å². The Labute approximate surface area is 98.4 Å². The van der Waals surface area contributed by atoms with Crippen LogP contribution in [0.2, 0.25) is 0 Å². The highest BCUT2D eigenvalue weighted by atomic mass is 19.1. The van der Waals surface area contributed by atoms with Crippen molar-refractivity contribution in [2.24, 2.45) is 0 Å². The first-order valence-electron chi connectivity index (χ1n) is 5.06. The van der Waals surface area contributed by atoms with Crippen LogP contribution in [0.1, 0.15) is 5.56 Å². The molecule has 17 heavy (non-hydrogen) atoms. The molecule has 0 aliphatic carbocycles. The molecule has 0 fully saturated rings. The third-order valence-electron chi connectivity index (χ3n) is 2.40. The molecule has 0 spiro atoms. The van der Waals surface area contributed by atoms with Crippen molar-refractivity contribution in [3.63, 3.8) is 0 Å². The third kappa shape index (κ3) is 2.23. The van der Waals surface area contributed by atoms with Crippen molar-refractivity contribution in [3.8, 4) is 17.2 Å². The molecule has 1 aromatic carbocycles. The van der Waals surface area contributed by atoms with Gasteiger partial charge in [0.1, 0.15) is 12.4 Å². The van der Waals surface area contributed by atoms with Crippen molar-refractivity contribution in [1.29, 1.82) is 5.26 Å². The normalized spacial score (nSPS) is 9.88. The Kier molecular flexibility index (Phi) is 3.01. The van der Waals surface area contributed by atoms with Crippen molar-refractivity contribution in [2.45, 2.75) is 6.54 Å². The van der Waals surface area contributed by atoms with Crippen LogP contribution >= 0.6 is 0 Å². The van der Waals surface area contributed by atoms with E-state index in [9.17, 15) is 4.39 Å². The maximum Gasteiger partial charge on any atom is 0.131 e. The lowest BCUT2D eigenvalue weighted by molar-refractivity contribution is 0.631. The van der Waals surface area contributed by atoms with Crippen molar-refractivity contribution < 1.29 is 4.39 Å². The SMILES string of the molecule is C=Cc1ccc(F)c(-c2cnn(CC#N)c2)c1. The summed E-state index contributed by atoms with van der Waals surface area (Å²) < 4.78 is 15.1. The molecule has 0 saturated heterocycles. The van der Waals surface area contributed by atoms with Gasteiger partial charge in [0.25, 0.3) is 0 Å². The summed E-state index contributed by atoms with van der Waals surface area (Å²) in [6.07, 6.45) is 4.85. The largest absolute Gasteiger partial charge is 0.258 e. The van der Waals surface area contributed by atoms with Gasteiger partial charge in [-0.15, -0.1) is 0 Å². The molecule has 0 radical (unpaired) electrons. The zero-order valence-electron chi connectivity index (χ0n) is 9.10. The van der Waals surface area contributed by atoms with Crippen LogP contribution in [0.15, 0.2) is 37.2 Å². The molecular formula is C13H10FN3. The number of nitriles is 1. The first-order valence-corrected chi connectivity index (χ1v) is 5.06. The molecule has 0 aliphatic rings. The minimum absolute atomic E-state index is 0.156. The first kappa shape index (κ1) is 11.1. The summed E-state index contributed by atoms with van der Waals surface area (Å²) in [5.41, 5.74) is 1.96. The molecule has 0 amide bonds. The predicted molar refractivity (Wildman–Crippen MR) is 63.3 cm³/mol. The Morgan fingerprint density at radius 2 is 2.35 bits per heavy atom.